The number of nitrogens with one attached hydrogen (secondary N) is 2. The fourth-order valence-electron chi connectivity index (χ4n) is 1.94. The molecule has 0 aliphatic heterocycles. The number of hydrogen-bond donors (Lipinski definition) is 2. The van der Waals surface area contributed by atoms with Gasteiger partial charge in [0, 0.05) is 22.4 Å². The van der Waals surface area contributed by atoms with Gasteiger partial charge in [-0.3, -0.25) is 0 Å². The van der Waals surface area contributed by atoms with Crippen LogP contribution in [0.3, 0.4) is 0 Å². The molecule has 0 fully saturated rings. The monoisotopic (exact) mass is 351 g/mol. The number of benzene rings is 1. The lowest BCUT2D eigenvalue weighted by Crippen LogP contribution is -2.36. The van der Waals surface area contributed by atoms with E-state index in [9.17, 15) is 4.79 Å². The summed E-state index contributed by atoms with van der Waals surface area (Å²) in [5.74, 6) is 0. The summed E-state index contributed by atoms with van der Waals surface area (Å²) >= 11 is 7.47. The van der Waals surface area contributed by atoms with Crippen LogP contribution in [0, 0.1) is 0 Å². The van der Waals surface area contributed by atoms with E-state index >= 15 is 0 Å². The summed E-state index contributed by atoms with van der Waals surface area (Å²) in [5, 5.41) is 9.47. The Balaban J connectivity index is 1.71. The van der Waals surface area contributed by atoms with Gasteiger partial charge in [-0.25, -0.2) is 9.78 Å². The Morgan fingerprint density at radius 1 is 1.22 bits per heavy atom. The third-order valence-corrected chi connectivity index (χ3v) is 4.80. The fraction of sp³-hybridized carbons (Fsp3) is 0.412. The van der Waals surface area contributed by atoms with Gasteiger partial charge in [0.25, 0.3) is 0 Å². The minimum Gasteiger partial charge on any atom is -0.338 e. The molecule has 0 saturated carbocycles. The molecule has 4 nitrogen and oxygen atoms in total. The highest BCUT2D eigenvalue weighted by atomic mass is 35.5. The summed E-state index contributed by atoms with van der Waals surface area (Å²) in [6.45, 7) is 7.42. The summed E-state index contributed by atoms with van der Waals surface area (Å²) in [6.07, 6.45) is 0.773. The molecule has 1 aromatic heterocycles. The lowest BCUT2D eigenvalue weighted by Gasteiger charge is -2.13. The molecule has 2 aromatic rings. The molecule has 0 aliphatic rings. The Bertz CT molecular complexity index is 647. The van der Waals surface area contributed by atoms with Crippen molar-refractivity contribution in [3.8, 4) is 0 Å². The zero-order valence-corrected chi connectivity index (χ0v) is 15.2. The van der Waals surface area contributed by atoms with E-state index in [1.165, 1.54) is 0 Å². The standard InChI is InChI=1S/C17H22ClN3OS/c1-17(2,3)15-21-14(11-23-15)10-20-16(22)19-9-8-12-4-6-13(18)7-5-12/h4-7,11H,8-10H2,1-3H3,(H2,19,20,22). The van der Waals surface area contributed by atoms with Gasteiger partial charge in [-0.05, 0) is 24.1 Å². The third kappa shape index (κ3) is 5.84. The van der Waals surface area contributed by atoms with Crippen LogP contribution in [0.2, 0.25) is 5.02 Å². The average Bonchev–Trinajstić information content (AvgIpc) is 2.96. The number of rotatable bonds is 5. The molecule has 2 amide bonds. The first-order valence-corrected chi connectivity index (χ1v) is 8.81. The zero-order valence-electron chi connectivity index (χ0n) is 13.6. The highest BCUT2D eigenvalue weighted by Crippen LogP contribution is 2.25. The van der Waals surface area contributed by atoms with Gasteiger partial charge in [0.2, 0.25) is 0 Å². The van der Waals surface area contributed by atoms with Gasteiger partial charge in [-0.15, -0.1) is 11.3 Å². The first-order chi connectivity index (χ1) is 10.8. The zero-order chi connectivity index (χ0) is 16.9. The van der Waals surface area contributed by atoms with Crippen molar-refractivity contribution < 1.29 is 4.79 Å². The number of thiazole rings is 1. The molecule has 1 aromatic carbocycles. The minimum atomic E-state index is -0.177. The van der Waals surface area contributed by atoms with E-state index in [0.29, 0.717) is 13.1 Å². The van der Waals surface area contributed by atoms with Gasteiger partial charge in [0.1, 0.15) is 0 Å². The van der Waals surface area contributed by atoms with Gasteiger partial charge >= 0.3 is 6.03 Å². The molecule has 0 unspecified atom stereocenters. The number of carbonyl (C=O) groups is 1. The maximum Gasteiger partial charge on any atom is 0.315 e. The molecular formula is C17H22ClN3OS. The van der Waals surface area contributed by atoms with E-state index in [1.807, 2.05) is 29.6 Å². The highest BCUT2D eigenvalue weighted by Gasteiger charge is 2.17. The van der Waals surface area contributed by atoms with Crippen molar-refractivity contribution in [1.82, 2.24) is 15.6 Å². The molecule has 6 heteroatoms. The molecule has 124 valence electrons. The molecule has 2 N–H and O–H groups in total. The SMILES string of the molecule is CC(C)(C)c1nc(CNC(=O)NCCc2ccc(Cl)cc2)cs1. The summed E-state index contributed by atoms with van der Waals surface area (Å²) in [7, 11) is 0. The van der Waals surface area contributed by atoms with Crippen molar-refractivity contribution in [3.63, 3.8) is 0 Å². The van der Waals surface area contributed by atoms with Crippen molar-refractivity contribution in [3.05, 3.63) is 50.9 Å². The topological polar surface area (TPSA) is 54.0 Å². The highest BCUT2D eigenvalue weighted by molar-refractivity contribution is 7.09. The molecule has 0 atom stereocenters. The molecule has 0 spiro atoms. The Morgan fingerprint density at radius 3 is 2.52 bits per heavy atom. The molecule has 1 heterocycles. The van der Waals surface area contributed by atoms with Crippen molar-refractivity contribution >= 4 is 29.0 Å². The van der Waals surface area contributed by atoms with Gasteiger partial charge in [0.05, 0.1) is 17.2 Å². The second-order valence-corrected chi connectivity index (χ2v) is 7.67. The largest absolute Gasteiger partial charge is 0.338 e. The quantitative estimate of drug-likeness (QED) is 0.850. The molecule has 0 aliphatic carbocycles. The van der Waals surface area contributed by atoms with Gasteiger partial charge < -0.3 is 10.6 Å². The Hall–Kier alpha value is -1.59. The molecule has 2 rings (SSSR count). The van der Waals surface area contributed by atoms with E-state index in [0.717, 1.165) is 27.7 Å². The maximum atomic E-state index is 11.8. The average molecular weight is 352 g/mol. The van der Waals surface area contributed by atoms with Crippen LogP contribution in [-0.4, -0.2) is 17.6 Å². The predicted molar refractivity (Wildman–Crippen MR) is 96.2 cm³/mol. The first-order valence-electron chi connectivity index (χ1n) is 7.55. The van der Waals surface area contributed by atoms with Gasteiger partial charge in [-0.1, -0.05) is 44.5 Å². The summed E-state index contributed by atoms with van der Waals surface area (Å²) in [4.78, 5) is 16.3. The van der Waals surface area contributed by atoms with Crippen LogP contribution < -0.4 is 10.6 Å². The van der Waals surface area contributed by atoms with Crippen molar-refractivity contribution in [2.24, 2.45) is 0 Å². The summed E-state index contributed by atoms with van der Waals surface area (Å²) in [5.41, 5.74) is 2.08. The van der Waals surface area contributed by atoms with E-state index in [1.54, 1.807) is 11.3 Å². The van der Waals surface area contributed by atoms with E-state index in [4.69, 9.17) is 11.6 Å². The molecule has 0 radical (unpaired) electrons. The minimum absolute atomic E-state index is 0.0454. The number of hydrogen-bond acceptors (Lipinski definition) is 3. The second kappa shape index (κ2) is 7.79. The van der Waals surface area contributed by atoms with Crippen LogP contribution >= 0.6 is 22.9 Å². The van der Waals surface area contributed by atoms with Gasteiger partial charge in [0.15, 0.2) is 0 Å². The summed E-state index contributed by atoms with van der Waals surface area (Å²) < 4.78 is 0. The third-order valence-electron chi connectivity index (χ3n) is 3.24. The molecule has 0 bridgehead atoms. The van der Waals surface area contributed by atoms with Crippen molar-refractivity contribution in [1.29, 1.82) is 0 Å². The number of nitrogens with zero attached hydrogens (tertiary/aromatic N) is 1. The van der Waals surface area contributed by atoms with Crippen LogP contribution in [0.15, 0.2) is 29.6 Å². The Labute approximate surface area is 146 Å². The van der Waals surface area contributed by atoms with Crippen LogP contribution in [0.5, 0.6) is 0 Å². The first kappa shape index (κ1) is 17.8. The summed E-state index contributed by atoms with van der Waals surface area (Å²) in [6, 6.07) is 7.46. The smallest absolute Gasteiger partial charge is 0.315 e. The van der Waals surface area contributed by atoms with E-state index in [-0.39, 0.29) is 11.4 Å². The second-order valence-electron chi connectivity index (χ2n) is 6.38. The fourth-order valence-corrected chi connectivity index (χ4v) is 2.97. The number of carbonyl (C=O) groups excluding carboxylic acids is 1. The Kier molecular flexibility index (Phi) is 6.02. The number of amides is 2. The number of halogens is 1. The van der Waals surface area contributed by atoms with Crippen LogP contribution in [0.4, 0.5) is 4.79 Å². The van der Waals surface area contributed by atoms with Crippen molar-refractivity contribution in [2.45, 2.75) is 39.2 Å². The molecule has 0 saturated heterocycles. The van der Waals surface area contributed by atoms with Crippen LogP contribution in [0.25, 0.3) is 0 Å². The Morgan fingerprint density at radius 2 is 1.91 bits per heavy atom. The normalized spacial score (nSPS) is 11.3. The van der Waals surface area contributed by atoms with Crippen LogP contribution in [0.1, 0.15) is 37.0 Å². The molecular weight excluding hydrogens is 330 g/mol. The lowest BCUT2D eigenvalue weighted by molar-refractivity contribution is 0.240. The number of urea groups is 1. The lowest BCUT2D eigenvalue weighted by atomic mass is 9.98. The molecule has 23 heavy (non-hydrogen) atoms. The van der Waals surface area contributed by atoms with Crippen LogP contribution in [-0.2, 0) is 18.4 Å². The van der Waals surface area contributed by atoms with E-state index < -0.39 is 0 Å². The predicted octanol–water partition coefficient (Wildman–Crippen LogP) is 4.14. The van der Waals surface area contributed by atoms with E-state index in [2.05, 4.69) is 36.4 Å². The van der Waals surface area contributed by atoms with Gasteiger partial charge in [-0.2, -0.15) is 0 Å². The maximum absolute atomic E-state index is 11.8. The number of aromatic nitrogens is 1. The van der Waals surface area contributed by atoms with Crippen molar-refractivity contribution in [2.75, 3.05) is 6.54 Å².